The molecule has 0 spiro atoms. The molecular formula is C19H17N5O5S2Se. The zero-order valence-corrected chi connectivity index (χ0v) is 19.9. The first-order chi connectivity index (χ1) is 15.4. The Balaban J connectivity index is 1.53. The van der Waals surface area contributed by atoms with Gasteiger partial charge in [-0.1, -0.05) is 0 Å². The van der Waals surface area contributed by atoms with Crippen molar-refractivity contribution < 1.29 is 24.3 Å². The number of carbonyl (C=O) groups excluding carboxylic acids is 2. The number of thioether (sulfide) groups is 1. The molecule has 166 valence electrons. The molecule has 10 nitrogen and oxygen atoms in total. The first-order valence-corrected chi connectivity index (χ1v) is 12.8. The molecule has 1 aromatic heterocycles. The molecule has 1 aromatic carbocycles. The van der Waals surface area contributed by atoms with Gasteiger partial charge < -0.3 is 0 Å². The SMILES string of the molecule is CON=C(C(=O)NC1C(=O)N2C(C(=O)O)=C([Se]c3ccccc3)SCC12)c1csc(N)n1. The predicted octanol–water partition coefficient (Wildman–Crippen LogP) is -0.198. The number of amides is 2. The van der Waals surface area contributed by atoms with Crippen molar-refractivity contribution >= 4 is 71.1 Å². The van der Waals surface area contributed by atoms with E-state index in [-0.39, 0.29) is 37.2 Å². The topological polar surface area (TPSA) is 147 Å². The molecule has 3 heterocycles. The normalized spacial score (nSPS) is 20.5. The van der Waals surface area contributed by atoms with Crippen molar-refractivity contribution in [3.05, 3.63) is 50.9 Å². The summed E-state index contributed by atoms with van der Waals surface area (Å²) in [6.45, 7) is 0. The third-order valence-corrected chi connectivity index (χ3v) is 9.32. The molecule has 2 aliphatic heterocycles. The van der Waals surface area contributed by atoms with Gasteiger partial charge in [0, 0.05) is 0 Å². The number of nitrogens with two attached hydrogens (primary N) is 1. The summed E-state index contributed by atoms with van der Waals surface area (Å²) in [4.78, 5) is 47.7. The fourth-order valence-electron chi connectivity index (χ4n) is 3.24. The number of rotatable bonds is 7. The van der Waals surface area contributed by atoms with E-state index in [0.29, 0.717) is 9.56 Å². The van der Waals surface area contributed by atoms with E-state index in [1.807, 2.05) is 30.3 Å². The number of nitrogen functional groups attached to an aromatic ring is 1. The van der Waals surface area contributed by atoms with Crippen molar-refractivity contribution in [2.24, 2.45) is 5.16 Å². The summed E-state index contributed by atoms with van der Waals surface area (Å²) in [5.74, 6) is -1.82. The van der Waals surface area contributed by atoms with Crippen molar-refractivity contribution in [1.29, 1.82) is 0 Å². The zero-order valence-electron chi connectivity index (χ0n) is 16.5. The standard InChI is InChI=1S/C19H17N5O5S2Se/c1-29-23-12(10-7-31-19(20)21-10)15(25)22-13-11-8-30-18(32-9-5-3-2-4-6-9)14(17(27)28)24(11)16(13)26/h2-7,11,13H,8H2,1H3,(H2,20,21)(H,22,25)(H,27,28). The number of nitrogens with one attached hydrogen (secondary N) is 1. The fourth-order valence-corrected chi connectivity index (χ4v) is 7.79. The van der Waals surface area contributed by atoms with Crippen LogP contribution in [0.3, 0.4) is 0 Å². The molecule has 0 aliphatic carbocycles. The predicted molar refractivity (Wildman–Crippen MR) is 122 cm³/mol. The third-order valence-electron chi connectivity index (χ3n) is 4.64. The van der Waals surface area contributed by atoms with Crippen LogP contribution >= 0.6 is 23.1 Å². The van der Waals surface area contributed by atoms with E-state index in [0.717, 1.165) is 15.8 Å². The minimum absolute atomic E-state index is 0.0105. The maximum absolute atomic E-state index is 12.9. The average molecular weight is 538 g/mol. The number of carbonyl (C=O) groups is 3. The molecule has 2 aromatic rings. The van der Waals surface area contributed by atoms with E-state index in [1.54, 1.807) is 5.38 Å². The van der Waals surface area contributed by atoms with Crippen LogP contribution in [-0.4, -0.2) is 78.4 Å². The number of aliphatic carboxylic acids is 1. The third kappa shape index (κ3) is 4.24. The van der Waals surface area contributed by atoms with Crippen LogP contribution in [0.4, 0.5) is 5.13 Å². The van der Waals surface area contributed by atoms with Gasteiger partial charge in [-0.25, -0.2) is 0 Å². The van der Waals surface area contributed by atoms with Gasteiger partial charge in [0.2, 0.25) is 0 Å². The Morgan fingerprint density at radius 1 is 1.38 bits per heavy atom. The molecule has 4 rings (SSSR count). The van der Waals surface area contributed by atoms with Crippen molar-refractivity contribution in [1.82, 2.24) is 15.2 Å². The van der Waals surface area contributed by atoms with E-state index >= 15 is 0 Å². The fraction of sp³-hybridized carbons (Fsp3) is 0.211. The summed E-state index contributed by atoms with van der Waals surface area (Å²) < 4.78 is 1.69. The Hall–Kier alpha value is -2.86. The molecule has 0 bridgehead atoms. The number of fused-ring (bicyclic) bond motifs is 1. The summed E-state index contributed by atoms with van der Waals surface area (Å²) in [6.07, 6.45) is 0. The van der Waals surface area contributed by atoms with Gasteiger partial charge in [-0.15, -0.1) is 0 Å². The Kier molecular flexibility index (Phi) is 6.51. The number of hydrogen-bond donors (Lipinski definition) is 3. The van der Waals surface area contributed by atoms with Gasteiger partial charge in [-0.2, -0.15) is 0 Å². The number of benzene rings is 1. The maximum atomic E-state index is 12.9. The van der Waals surface area contributed by atoms with Gasteiger partial charge in [0.05, 0.1) is 0 Å². The second-order valence-corrected chi connectivity index (χ2v) is 11.4. The van der Waals surface area contributed by atoms with Crippen LogP contribution in [0, 0.1) is 0 Å². The zero-order chi connectivity index (χ0) is 22.8. The Bertz CT molecular complexity index is 1140. The molecule has 1 saturated heterocycles. The van der Waals surface area contributed by atoms with Gasteiger partial charge in [0.15, 0.2) is 0 Å². The second kappa shape index (κ2) is 9.33. The molecule has 4 N–H and O–H groups in total. The van der Waals surface area contributed by atoms with Crippen LogP contribution in [0.1, 0.15) is 5.69 Å². The number of aromatic nitrogens is 1. The Morgan fingerprint density at radius 3 is 2.75 bits per heavy atom. The number of nitrogens with zero attached hydrogens (tertiary/aromatic N) is 3. The van der Waals surface area contributed by atoms with Crippen LogP contribution in [0.25, 0.3) is 0 Å². The first-order valence-electron chi connectivity index (χ1n) is 9.20. The number of carboxylic acid groups (broad SMARTS) is 1. The number of β-lactam (4-membered cyclic amide) rings is 1. The molecule has 2 aliphatic rings. The summed E-state index contributed by atoms with van der Waals surface area (Å²) in [5, 5.41) is 18.0. The molecular weight excluding hydrogens is 521 g/mol. The van der Waals surface area contributed by atoms with Crippen molar-refractivity contribution in [2.45, 2.75) is 12.1 Å². The van der Waals surface area contributed by atoms with Crippen LogP contribution in [0.15, 0.2) is 50.4 Å². The Morgan fingerprint density at radius 2 is 2.12 bits per heavy atom. The first kappa shape index (κ1) is 22.3. The number of anilines is 1. The number of oxime groups is 1. The van der Waals surface area contributed by atoms with Gasteiger partial charge in [0.25, 0.3) is 0 Å². The molecule has 2 amide bonds. The van der Waals surface area contributed by atoms with Gasteiger partial charge in [-0.05, 0) is 0 Å². The summed E-state index contributed by atoms with van der Waals surface area (Å²) in [6, 6.07) is 8.21. The second-order valence-electron chi connectivity index (χ2n) is 6.59. The average Bonchev–Trinajstić information content (AvgIpc) is 3.21. The van der Waals surface area contributed by atoms with Crippen molar-refractivity contribution in [3.8, 4) is 0 Å². The van der Waals surface area contributed by atoms with Gasteiger partial charge in [-0.3, -0.25) is 0 Å². The van der Waals surface area contributed by atoms with Gasteiger partial charge in [0.1, 0.15) is 0 Å². The van der Waals surface area contributed by atoms with E-state index in [2.05, 4.69) is 15.5 Å². The number of carboxylic acids is 1. The summed E-state index contributed by atoms with van der Waals surface area (Å²) >= 11 is 2.30. The molecule has 0 saturated carbocycles. The van der Waals surface area contributed by atoms with Crippen molar-refractivity contribution in [3.63, 3.8) is 0 Å². The number of thiazole rings is 1. The van der Waals surface area contributed by atoms with E-state index < -0.39 is 29.9 Å². The van der Waals surface area contributed by atoms with Gasteiger partial charge >= 0.3 is 197 Å². The minimum atomic E-state index is -1.16. The van der Waals surface area contributed by atoms with Crippen LogP contribution in [0.5, 0.6) is 0 Å². The van der Waals surface area contributed by atoms with Crippen LogP contribution in [0.2, 0.25) is 0 Å². The molecule has 1 fully saturated rings. The molecule has 0 radical (unpaired) electrons. The van der Waals surface area contributed by atoms with Crippen molar-refractivity contribution in [2.75, 3.05) is 18.6 Å². The quantitative estimate of drug-likeness (QED) is 0.190. The van der Waals surface area contributed by atoms with Crippen LogP contribution < -0.4 is 15.5 Å². The Labute approximate surface area is 197 Å². The molecule has 13 heteroatoms. The molecule has 2 unspecified atom stereocenters. The monoisotopic (exact) mass is 539 g/mol. The summed E-state index contributed by atoms with van der Waals surface area (Å²) in [7, 11) is 1.29. The number of hydrogen-bond acceptors (Lipinski definition) is 9. The molecule has 2 atom stereocenters. The van der Waals surface area contributed by atoms with Crippen LogP contribution in [-0.2, 0) is 19.2 Å². The summed E-state index contributed by atoms with van der Waals surface area (Å²) in [5.41, 5.74) is 5.73. The van der Waals surface area contributed by atoms with E-state index in [9.17, 15) is 19.5 Å². The van der Waals surface area contributed by atoms with E-state index in [4.69, 9.17) is 10.6 Å². The molecule has 32 heavy (non-hydrogen) atoms. The van der Waals surface area contributed by atoms with E-state index in [1.165, 1.54) is 23.8 Å².